The van der Waals surface area contributed by atoms with Crippen LogP contribution < -0.4 is 5.32 Å². The topological polar surface area (TPSA) is 55.4 Å². The number of benzene rings is 1. The lowest BCUT2D eigenvalue weighted by molar-refractivity contribution is -0.154. The van der Waals surface area contributed by atoms with E-state index in [1.807, 2.05) is 18.2 Å². The van der Waals surface area contributed by atoms with E-state index in [-0.39, 0.29) is 11.9 Å². The molecule has 1 fully saturated rings. The van der Waals surface area contributed by atoms with Crippen molar-refractivity contribution in [1.82, 2.24) is 5.32 Å². The zero-order valence-electron chi connectivity index (χ0n) is 12.7. The normalized spacial score (nSPS) is 23.1. The van der Waals surface area contributed by atoms with Crippen molar-refractivity contribution in [2.75, 3.05) is 0 Å². The van der Waals surface area contributed by atoms with E-state index in [1.54, 1.807) is 12.1 Å². The van der Waals surface area contributed by atoms with Crippen molar-refractivity contribution in [3.8, 4) is 0 Å². The molecule has 2 rings (SSSR count). The van der Waals surface area contributed by atoms with E-state index in [9.17, 15) is 9.59 Å². The van der Waals surface area contributed by atoms with E-state index < -0.39 is 12.1 Å². The Kier molecular flexibility index (Phi) is 5.37. The summed E-state index contributed by atoms with van der Waals surface area (Å²) in [5.74, 6) is -0.0422. The minimum absolute atomic E-state index is 0.183. The van der Waals surface area contributed by atoms with Crippen LogP contribution in [0.4, 0.5) is 0 Å². The van der Waals surface area contributed by atoms with Crippen molar-refractivity contribution < 1.29 is 14.3 Å². The van der Waals surface area contributed by atoms with E-state index >= 15 is 0 Å². The molecule has 3 atom stereocenters. The molecular weight excluding hydrogens is 266 g/mol. The van der Waals surface area contributed by atoms with Crippen molar-refractivity contribution in [1.29, 1.82) is 0 Å². The lowest BCUT2D eigenvalue weighted by Gasteiger charge is -2.29. The molecule has 0 unspecified atom stereocenters. The van der Waals surface area contributed by atoms with E-state index in [4.69, 9.17) is 4.74 Å². The van der Waals surface area contributed by atoms with Gasteiger partial charge in [0.05, 0.1) is 0 Å². The van der Waals surface area contributed by atoms with Gasteiger partial charge in [-0.15, -0.1) is 0 Å². The summed E-state index contributed by atoms with van der Waals surface area (Å²) in [4.78, 5) is 23.7. The smallest absolute Gasteiger partial charge is 0.303 e. The summed E-state index contributed by atoms with van der Waals surface area (Å²) >= 11 is 0. The highest BCUT2D eigenvalue weighted by atomic mass is 16.5. The minimum Gasteiger partial charge on any atom is -0.447 e. The van der Waals surface area contributed by atoms with Crippen LogP contribution in [0.1, 0.15) is 51.2 Å². The number of carbonyl (C=O) groups excluding carboxylic acids is 2. The quantitative estimate of drug-likeness (QED) is 0.867. The lowest BCUT2D eigenvalue weighted by Crippen LogP contribution is -2.41. The van der Waals surface area contributed by atoms with Gasteiger partial charge in [-0.05, 0) is 18.8 Å². The van der Waals surface area contributed by atoms with Gasteiger partial charge in [-0.3, -0.25) is 9.59 Å². The largest absolute Gasteiger partial charge is 0.447 e. The highest BCUT2D eigenvalue weighted by Crippen LogP contribution is 2.25. The first kappa shape index (κ1) is 15.5. The number of esters is 1. The molecule has 0 heterocycles. The number of nitrogens with one attached hydrogen (secondary N) is 1. The monoisotopic (exact) mass is 289 g/mol. The van der Waals surface area contributed by atoms with Crippen LogP contribution in [-0.4, -0.2) is 17.9 Å². The van der Waals surface area contributed by atoms with Crippen LogP contribution in [0.2, 0.25) is 0 Å². The summed E-state index contributed by atoms with van der Waals surface area (Å²) in [6.07, 6.45) is 3.49. The third-order valence-corrected chi connectivity index (χ3v) is 3.91. The molecule has 1 saturated carbocycles. The van der Waals surface area contributed by atoms with E-state index in [0.29, 0.717) is 11.5 Å². The van der Waals surface area contributed by atoms with E-state index in [1.165, 1.54) is 13.3 Å². The number of hydrogen-bond donors (Lipinski definition) is 1. The predicted octanol–water partition coefficient (Wildman–Crippen LogP) is 2.99. The number of hydrogen-bond acceptors (Lipinski definition) is 3. The van der Waals surface area contributed by atoms with E-state index in [2.05, 4.69) is 12.2 Å². The molecule has 0 radical (unpaired) electrons. The molecule has 0 bridgehead atoms. The Morgan fingerprint density at radius 3 is 2.57 bits per heavy atom. The third kappa shape index (κ3) is 4.59. The van der Waals surface area contributed by atoms with Crippen molar-refractivity contribution in [2.24, 2.45) is 5.92 Å². The fourth-order valence-electron chi connectivity index (χ4n) is 2.91. The van der Waals surface area contributed by atoms with Crippen molar-refractivity contribution in [3.05, 3.63) is 35.9 Å². The lowest BCUT2D eigenvalue weighted by atomic mass is 9.87. The summed E-state index contributed by atoms with van der Waals surface area (Å²) in [6.45, 7) is 3.53. The first-order chi connectivity index (χ1) is 10.1. The first-order valence-electron chi connectivity index (χ1n) is 7.59. The summed E-state index contributed by atoms with van der Waals surface area (Å²) < 4.78 is 5.22. The maximum atomic E-state index is 12.5. The molecule has 4 nitrogen and oxygen atoms in total. The molecule has 0 aromatic heterocycles. The second kappa shape index (κ2) is 7.25. The Bertz CT molecular complexity index is 486. The van der Waals surface area contributed by atoms with Gasteiger partial charge < -0.3 is 10.1 Å². The zero-order valence-corrected chi connectivity index (χ0v) is 12.7. The fourth-order valence-corrected chi connectivity index (χ4v) is 2.91. The molecule has 114 valence electrons. The number of ether oxygens (including phenoxy) is 1. The molecular formula is C17H23NO3. The Morgan fingerprint density at radius 1 is 1.24 bits per heavy atom. The van der Waals surface area contributed by atoms with Gasteiger partial charge in [0, 0.05) is 18.5 Å². The van der Waals surface area contributed by atoms with Gasteiger partial charge in [0.2, 0.25) is 6.10 Å². The van der Waals surface area contributed by atoms with Crippen molar-refractivity contribution in [3.63, 3.8) is 0 Å². The van der Waals surface area contributed by atoms with Crippen LogP contribution in [-0.2, 0) is 14.3 Å². The fraction of sp³-hybridized carbons (Fsp3) is 0.529. The summed E-state index contributed by atoms with van der Waals surface area (Å²) in [5, 5.41) is 3.04. The van der Waals surface area contributed by atoms with Gasteiger partial charge in [0.15, 0.2) is 0 Å². The predicted molar refractivity (Wildman–Crippen MR) is 80.5 cm³/mol. The summed E-state index contributed by atoms with van der Waals surface area (Å²) in [6, 6.07) is 9.33. The number of rotatable bonds is 4. The van der Waals surface area contributed by atoms with Crippen molar-refractivity contribution >= 4 is 11.9 Å². The molecule has 21 heavy (non-hydrogen) atoms. The molecule has 1 aromatic carbocycles. The second-order valence-electron chi connectivity index (χ2n) is 5.88. The molecule has 0 aliphatic heterocycles. The average molecular weight is 289 g/mol. The van der Waals surface area contributed by atoms with Crippen LogP contribution >= 0.6 is 0 Å². The molecule has 1 aliphatic carbocycles. The maximum absolute atomic E-state index is 12.5. The van der Waals surface area contributed by atoms with Gasteiger partial charge >= 0.3 is 5.97 Å². The van der Waals surface area contributed by atoms with Crippen LogP contribution in [0.25, 0.3) is 0 Å². The van der Waals surface area contributed by atoms with Gasteiger partial charge in [0.25, 0.3) is 5.91 Å². The highest BCUT2D eigenvalue weighted by Gasteiger charge is 2.27. The Labute approximate surface area is 125 Å². The third-order valence-electron chi connectivity index (χ3n) is 3.91. The SMILES string of the molecule is CC(=O)O[C@H](C(=O)N[C@@H]1CCC[C@H](C)C1)c1ccccc1. The molecule has 1 N–H and O–H groups in total. The first-order valence-corrected chi connectivity index (χ1v) is 7.59. The molecule has 1 amide bonds. The number of carbonyl (C=O) groups is 2. The second-order valence-corrected chi connectivity index (χ2v) is 5.88. The summed E-state index contributed by atoms with van der Waals surface area (Å²) in [7, 11) is 0. The molecule has 1 aromatic rings. The van der Waals surface area contributed by atoms with Crippen LogP contribution in [0.3, 0.4) is 0 Å². The molecule has 0 saturated heterocycles. The Hall–Kier alpha value is -1.84. The van der Waals surface area contributed by atoms with Gasteiger partial charge in [-0.1, -0.05) is 50.1 Å². The van der Waals surface area contributed by atoms with Gasteiger partial charge in [-0.2, -0.15) is 0 Å². The van der Waals surface area contributed by atoms with Crippen LogP contribution in [0.15, 0.2) is 30.3 Å². The molecule has 4 heteroatoms. The Balaban J connectivity index is 2.05. The average Bonchev–Trinajstić information content (AvgIpc) is 2.45. The van der Waals surface area contributed by atoms with Gasteiger partial charge in [0.1, 0.15) is 0 Å². The minimum atomic E-state index is -0.860. The van der Waals surface area contributed by atoms with Crippen molar-refractivity contribution in [2.45, 2.75) is 51.7 Å². The standard InChI is InChI=1S/C17H23NO3/c1-12-7-6-10-15(11-12)18-17(20)16(21-13(2)19)14-8-4-3-5-9-14/h3-5,8-9,12,15-16H,6-7,10-11H2,1-2H3,(H,18,20)/t12-,15+,16-/m0/s1. The Morgan fingerprint density at radius 2 is 1.95 bits per heavy atom. The molecule has 1 aliphatic rings. The molecule has 0 spiro atoms. The number of amides is 1. The van der Waals surface area contributed by atoms with Crippen LogP contribution in [0.5, 0.6) is 0 Å². The van der Waals surface area contributed by atoms with Crippen LogP contribution in [0, 0.1) is 5.92 Å². The van der Waals surface area contributed by atoms with E-state index in [0.717, 1.165) is 19.3 Å². The maximum Gasteiger partial charge on any atom is 0.303 e. The highest BCUT2D eigenvalue weighted by molar-refractivity contribution is 5.84. The summed E-state index contributed by atoms with van der Waals surface area (Å²) in [5.41, 5.74) is 0.703. The zero-order chi connectivity index (χ0) is 15.2. The van der Waals surface area contributed by atoms with Gasteiger partial charge in [-0.25, -0.2) is 0 Å².